The Bertz CT molecular complexity index is 4390. The third-order valence-corrected chi connectivity index (χ3v) is 29.4. The number of thioether (sulfide) groups is 6. The van der Waals surface area contributed by atoms with Crippen LogP contribution in [0.3, 0.4) is 0 Å². The Balaban J connectivity index is 0.000000375. The lowest BCUT2D eigenvalue weighted by atomic mass is 10.00. The van der Waals surface area contributed by atoms with Crippen LogP contribution >= 0.6 is 144 Å². The molecule has 0 aromatic heterocycles. The molecule has 10 amide bonds. The van der Waals surface area contributed by atoms with Gasteiger partial charge in [0, 0.05) is 238 Å². The third kappa shape index (κ3) is 27.8. The molecular weight excluding hydrogens is 1870 g/mol. The Kier molecular flexibility index (Phi) is 43.3. The van der Waals surface area contributed by atoms with Gasteiger partial charge in [-0.2, -0.15) is 0 Å². The number of nitrogens with two attached hydrogens (primary N) is 4. The first-order valence-corrected chi connectivity index (χ1v) is 49.4. The van der Waals surface area contributed by atoms with E-state index in [-0.39, 0.29) is 149 Å². The molecule has 0 bridgehead atoms. The zero-order chi connectivity index (χ0) is 92.5. The van der Waals surface area contributed by atoms with E-state index in [1.165, 1.54) is 124 Å². The molecule has 6 heterocycles. The molecule has 0 saturated carbocycles. The summed E-state index contributed by atoms with van der Waals surface area (Å²) in [5, 5.41) is 32.8. The van der Waals surface area contributed by atoms with Gasteiger partial charge < -0.3 is 68.6 Å². The third-order valence-electron chi connectivity index (χ3n) is 20.8. The van der Waals surface area contributed by atoms with Gasteiger partial charge in [0.15, 0.2) is 0 Å². The summed E-state index contributed by atoms with van der Waals surface area (Å²) in [6, 6.07) is 23.7. The molecular formula is C83H106N18O15S12. The largest absolute Gasteiger partial charge is 0.495 e. The molecule has 6 saturated heterocycles. The second-order valence-electron chi connectivity index (χ2n) is 28.6. The number of hydrogen-bond acceptors (Lipinski definition) is 35. The zero-order valence-corrected chi connectivity index (χ0v) is 80.9. The molecule has 128 heavy (non-hydrogen) atoms. The van der Waals surface area contributed by atoms with Gasteiger partial charge in [0.25, 0.3) is 59.1 Å². The van der Waals surface area contributed by atoms with Gasteiger partial charge >= 0.3 is 0 Å². The lowest BCUT2D eigenvalue weighted by molar-refractivity contribution is 0.0841. The fourth-order valence-electron chi connectivity index (χ4n) is 14.3. The van der Waals surface area contributed by atoms with E-state index in [1.54, 1.807) is 88.7 Å². The first kappa shape index (κ1) is 104. The molecule has 6 aliphatic heterocycles. The van der Waals surface area contributed by atoms with Crippen LogP contribution in [-0.4, -0.2) is 370 Å². The van der Waals surface area contributed by atoms with E-state index in [0.29, 0.717) is 139 Å². The molecule has 6 aliphatic rings. The summed E-state index contributed by atoms with van der Waals surface area (Å²) in [6.45, 7) is 11.5. The highest BCUT2D eigenvalue weighted by Gasteiger charge is 2.37. The summed E-state index contributed by atoms with van der Waals surface area (Å²) in [5.74, 6) is 0.324. The number of carbonyl (C=O) groups excluding carboxylic acids is 10. The number of carbonyl (C=O) groups is 10. The van der Waals surface area contributed by atoms with Crippen molar-refractivity contribution in [3.8, 4) is 17.2 Å². The minimum Gasteiger partial charge on any atom is -0.495 e. The normalized spacial score (nSPS) is 15.0. The van der Waals surface area contributed by atoms with Gasteiger partial charge in [0.05, 0.1) is 67.9 Å². The van der Waals surface area contributed by atoms with Crippen LogP contribution in [0, 0.1) is 0 Å². The number of aliphatic hydroxyl groups is 2. The predicted molar refractivity (Wildman–Crippen MR) is 532 cm³/mol. The molecule has 5 aromatic rings. The fourth-order valence-corrected chi connectivity index (χ4v) is 21.5. The number of para-hydroxylation sites is 3. The van der Waals surface area contributed by atoms with Gasteiger partial charge in [-0.1, -0.05) is 174 Å². The molecule has 5 aromatic carbocycles. The van der Waals surface area contributed by atoms with Crippen LogP contribution in [0.15, 0.2) is 91.0 Å². The van der Waals surface area contributed by atoms with Crippen molar-refractivity contribution >= 4 is 229 Å². The highest BCUT2D eigenvalue weighted by atomic mass is 32.2. The predicted octanol–water partition coefficient (Wildman–Crippen LogP) is 4.28. The summed E-state index contributed by atoms with van der Waals surface area (Å²) < 4.78 is 19.5. The summed E-state index contributed by atoms with van der Waals surface area (Å²) in [7, 11) is 4.20. The van der Waals surface area contributed by atoms with Crippen molar-refractivity contribution in [2.24, 2.45) is 22.9 Å². The lowest BCUT2D eigenvalue weighted by Gasteiger charge is -2.28. The number of amides is 10. The van der Waals surface area contributed by atoms with Crippen LogP contribution in [0.5, 0.6) is 17.2 Å². The van der Waals surface area contributed by atoms with E-state index in [4.69, 9.17) is 110 Å². The van der Waals surface area contributed by atoms with Gasteiger partial charge in [-0.3, -0.25) is 96.9 Å². The quantitative estimate of drug-likeness (QED) is 0.0244. The molecule has 0 unspecified atom stereocenters. The van der Waals surface area contributed by atoms with Gasteiger partial charge in [-0.25, -0.2) is 0 Å². The lowest BCUT2D eigenvalue weighted by Crippen LogP contribution is -2.46. The summed E-state index contributed by atoms with van der Waals surface area (Å²) in [4.78, 5) is 153. The number of benzene rings is 5. The molecule has 14 N–H and O–H groups in total. The van der Waals surface area contributed by atoms with Crippen molar-refractivity contribution < 1.29 is 72.4 Å². The van der Waals surface area contributed by atoms with Crippen molar-refractivity contribution in [1.29, 1.82) is 0 Å². The van der Waals surface area contributed by atoms with Crippen molar-refractivity contribution in [3.05, 3.63) is 158 Å². The SMILES string of the molecule is COc1c(C(=O)N2CCSC2=S)cccc1C(=O)N1CCSC1=S.COc1c(C(=O)NCCN(CCNC(=O)c2cccc(C(=O)N3CCSC3=S)c2CO)CCN(CCNC(=O)c2cccc(C(=O)N3CCSC3=S)c2CO)CCNC(=O)c2cccc(C(=O)N3CCSC3=S)c2OC)cccc1C(=O)N1CCSC1=S.NCCN(CCN)CCN(CCN)CCN. The molecule has 0 radical (unpaired) electrons. The van der Waals surface area contributed by atoms with Crippen LogP contribution in [0.1, 0.15) is 115 Å². The zero-order valence-electron chi connectivity index (χ0n) is 71.1. The van der Waals surface area contributed by atoms with E-state index >= 15 is 0 Å². The van der Waals surface area contributed by atoms with Gasteiger partial charge in [0.1, 0.15) is 43.2 Å². The second-order valence-corrected chi connectivity index (χ2v) is 39.0. The van der Waals surface area contributed by atoms with Crippen molar-refractivity contribution in [2.75, 3.05) is 226 Å². The van der Waals surface area contributed by atoms with Gasteiger partial charge in [-0.05, 0) is 60.7 Å². The van der Waals surface area contributed by atoms with E-state index in [2.05, 4.69) is 31.1 Å². The molecule has 690 valence electrons. The standard InChI is InChI=1S/C58H64N10O12S8.C15H14N2O3S4.C10H28N6/c1-79-45-39(11-5-13-41(45)53(77)67-27-31-87-57(67)83)49(73)61-17-21-63(19-15-59-47(71)35-7-3-9-37(43(35)33-69)51(75)65-25-29-85-55(65)81)23-24-64(20-16-60-48(72)36-8-4-10-38(44(36)34-70)52(76)66-26-30-86-56(66)82)22-18-62-50(74)40-12-6-14-42(46(40)80-2)54(78)68-28-32-88-58(68)84;1-20-11-9(12(18)16-5-7-23-14(16)21)3-2-4-10(11)13(19)17-6-8-24-15(17)22;11-1-5-15(6-2-12)9-10-16(7-3-13)8-4-14/h3-14,69-70H,15-34H2,1-2H3,(H,59,71)(H,60,72)(H,61,73)(H,62,74);2-4H,5-8H2,1H3;1-14H2. The van der Waals surface area contributed by atoms with E-state index in [9.17, 15) is 58.2 Å². The van der Waals surface area contributed by atoms with E-state index in [0.717, 1.165) is 50.8 Å². The molecule has 6 fully saturated rings. The average Bonchev–Trinajstić information content (AvgIpc) is 1.52. The van der Waals surface area contributed by atoms with E-state index in [1.807, 2.05) is 9.80 Å². The Morgan fingerprint density at radius 2 is 0.492 bits per heavy atom. The first-order valence-electron chi connectivity index (χ1n) is 41.0. The highest BCUT2D eigenvalue weighted by molar-refractivity contribution is 8.25. The number of thiocarbonyl (C=S) groups is 6. The maximum atomic E-state index is 14.0. The summed E-state index contributed by atoms with van der Waals surface area (Å²) >= 11 is 40.5. The number of rotatable bonds is 41. The Hall–Kier alpha value is -7.56. The van der Waals surface area contributed by atoms with Crippen LogP contribution in [0.4, 0.5) is 0 Å². The Morgan fingerprint density at radius 3 is 0.695 bits per heavy atom. The number of ether oxygens (including phenoxy) is 3. The van der Waals surface area contributed by atoms with Crippen LogP contribution in [-0.2, 0) is 13.2 Å². The molecule has 0 spiro atoms. The first-order chi connectivity index (χ1) is 61.8. The van der Waals surface area contributed by atoms with Gasteiger partial charge in [-0.15, -0.1) is 0 Å². The molecule has 0 aliphatic carbocycles. The number of nitrogens with zero attached hydrogens (tertiary/aromatic N) is 10. The molecule has 45 heteroatoms. The van der Waals surface area contributed by atoms with Crippen LogP contribution in [0.2, 0.25) is 0 Å². The number of methoxy groups -OCH3 is 3. The second kappa shape index (κ2) is 53.2. The highest BCUT2D eigenvalue weighted by Crippen LogP contribution is 2.35. The number of nitrogens with one attached hydrogen (secondary N) is 4. The van der Waals surface area contributed by atoms with E-state index < -0.39 is 48.7 Å². The summed E-state index contributed by atoms with van der Waals surface area (Å²) in [5.41, 5.74) is 24.3. The van der Waals surface area contributed by atoms with Crippen LogP contribution < -0.4 is 58.4 Å². The minimum atomic E-state index is -0.595. The number of hydrogen-bond donors (Lipinski definition) is 10. The van der Waals surface area contributed by atoms with Crippen molar-refractivity contribution in [2.45, 2.75) is 13.2 Å². The maximum absolute atomic E-state index is 14.0. The monoisotopic (exact) mass is 1980 g/mol. The maximum Gasteiger partial charge on any atom is 0.263 e. The van der Waals surface area contributed by atoms with Crippen molar-refractivity contribution in [1.82, 2.24) is 70.3 Å². The topological polar surface area (TPSA) is 423 Å². The Labute approximate surface area is 802 Å². The fraction of sp³-hybridized carbons (Fsp3) is 0.446. The minimum absolute atomic E-state index is 0.0618. The van der Waals surface area contributed by atoms with Gasteiger partial charge in [0.2, 0.25) is 0 Å². The number of aliphatic hydroxyl groups excluding tert-OH is 2. The van der Waals surface area contributed by atoms with Crippen LogP contribution in [0.25, 0.3) is 0 Å². The average molecular weight is 1980 g/mol. The molecule has 33 nitrogen and oxygen atoms in total. The Morgan fingerprint density at radius 1 is 0.305 bits per heavy atom. The molecule has 11 rings (SSSR count). The summed E-state index contributed by atoms with van der Waals surface area (Å²) in [6.07, 6.45) is 0. The van der Waals surface area contributed by atoms with Crippen molar-refractivity contribution in [3.63, 3.8) is 0 Å². The molecule has 0 atom stereocenters. The smallest absolute Gasteiger partial charge is 0.263 e.